The van der Waals surface area contributed by atoms with Crippen LogP contribution in [-0.4, -0.2) is 35.6 Å². The summed E-state index contributed by atoms with van der Waals surface area (Å²) >= 11 is 7.98. The van der Waals surface area contributed by atoms with Gasteiger partial charge in [-0.25, -0.2) is 4.99 Å². The Bertz CT molecular complexity index is 1440. The molecule has 0 radical (unpaired) electrons. The Labute approximate surface area is 217 Å². The lowest BCUT2D eigenvalue weighted by Gasteiger charge is -2.29. The highest BCUT2D eigenvalue weighted by Crippen LogP contribution is 2.36. The highest BCUT2D eigenvalue weighted by molar-refractivity contribution is 9.13. The number of fused-ring (bicyclic) bond motifs is 1. The first-order chi connectivity index (χ1) is 16.3. The highest BCUT2D eigenvalue weighted by atomic mass is 79.9. The lowest BCUT2D eigenvalue weighted by atomic mass is 9.94. The number of ether oxygens (including phenoxy) is 1. The zero-order valence-electron chi connectivity index (χ0n) is 19.1. The van der Waals surface area contributed by atoms with Gasteiger partial charge in [0.2, 0.25) is 0 Å². The SMILES string of the molecule is CCN(CC)C(=O)C1=C(C)N=c2s/c(=C/c3cc(Br)c(Br)o3)c(=O)n2[C@@H]1c1ccccc1OC. The summed E-state index contributed by atoms with van der Waals surface area (Å²) in [4.78, 5) is 34.3. The number of hydrogen-bond acceptors (Lipinski definition) is 6. The van der Waals surface area contributed by atoms with Gasteiger partial charge in [0.25, 0.3) is 11.5 Å². The van der Waals surface area contributed by atoms with Gasteiger partial charge in [-0.1, -0.05) is 29.5 Å². The molecule has 1 aromatic carbocycles. The van der Waals surface area contributed by atoms with Crippen LogP contribution in [0, 0.1) is 0 Å². The van der Waals surface area contributed by atoms with Crippen LogP contribution in [0.4, 0.5) is 0 Å². The van der Waals surface area contributed by atoms with Crippen molar-refractivity contribution in [1.82, 2.24) is 9.47 Å². The van der Waals surface area contributed by atoms with E-state index in [0.717, 1.165) is 10.0 Å². The van der Waals surface area contributed by atoms with Crippen LogP contribution < -0.4 is 19.6 Å². The zero-order chi connectivity index (χ0) is 24.6. The predicted octanol–water partition coefficient (Wildman–Crippen LogP) is 4.23. The summed E-state index contributed by atoms with van der Waals surface area (Å²) in [5.41, 5.74) is 1.53. The summed E-state index contributed by atoms with van der Waals surface area (Å²) in [6.07, 6.45) is 1.68. The predicted molar refractivity (Wildman–Crippen MR) is 139 cm³/mol. The largest absolute Gasteiger partial charge is 0.496 e. The lowest BCUT2D eigenvalue weighted by molar-refractivity contribution is -0.127. The summed E-state index contributed by atoms with van der Waals surface area (Å²) in [5, 5.41) is 0. The fraction of sp³-hybridized carbons (Fsp3) is 0.292. The van der Waals surface area contributed by atoms with Crippen molar-refractivity contribution < 1.29 is 13.9 Å². The number of halogens is 2. The molecule has 1 aliphatic heterocycles. The standard InChI is InChI=1S/C24H23Br2N3O4S/c1-5-28(6-2)23(31)19-13(3)27-24-29(20(19)15-9-7-8-10-17(15)32-4)22(30)18(34-24)12-14-11-16(25)21(26)33-14/h7-12,20H,5-6H2,1-4H3/b18-12+/t20-/m1/s1. The van der Waals surface area contributed by atoms with Gasteiger partial charge in [-0.3, -0.25) is 14.2 Å². The van der Waals surface area contributed by atoms with Crippen LogP contribution in [0.15, 0.2) is 64.9 Å². The van der Waals surface area contributed by atoms with Gasteiger partial charge in [0, 0.05) is 24.7 Å². The molecule has 2 aromatic heterocycles. The molecule has 10 heteroatoms. The monoisotopic (exact) mass is 607 g/mol. The van der Waals surface area contributed by atoms with Gasteiger partial charge in [-0.05, 0) is 64.8 Å². The van der Waals surface area contributed by atoms with Gasteiger partial charge in [-0.2, -0.15) is 0 Å². The Morgan fingerprint density at radius 3 is 2.62 bits per heavy atom. The lowest BCUT2D eigenvalue weighted by Crippen LogP contribution is -2.43. The third-order valence-electron chi connectivity index (χ3n) is 5.67. The van der Waals surface area contributed by atoms with E-state index in [4.69, 9.17) is 9.15 Å². The molecular weight excluding hydrogens is 586 g/mol. The van der Waals surface area contributed by atoms with E-state index in [1.165, 1.54) is 11.3 Å². The molecule has 1 amide bonds. The number of carbonyl (C=O) groups is 1. The number of rotatable bonds is 6. The molecular formula is C24H23Br2N3O4S. The number of furan rings is 1. The quantitative estimate of drug-likeness (QED) is 0.420. The number of carbonyl (C=O) groups excluding carboxylic acids is 1. The van der Waals surface area contributed by atoms with E-state index >= 15 is 0 Å². The number of likely N-dealkylation sites (N-methyl/N-ethyl adjacent to an activating group) is 1. The second-order valence-corrected chi connectivity index (χ2v) is 10.2. The minimum absolute atomic E-state index is 0.143. The van der Waals surface area contributed by atoms with Crippen LogP contribution >= 0.6 is 43.2 Å². The van der Waals surface area contributed by atoms with Crippen LogP contribution in [0.2, 0.25) is 0 Å². The molecule has 0 fully saturated rings. The maximum atomic E-state index is 13.7. The van der Waals surface area contributed by atoms with Gasteiger partial charge < -0.3 is 14.1 Å². The second-order valence-electron chi connectivity index (χ2n) is 7.57. The van der Waals surface area contributed by atoms with Gasteiger partial charge >= 0.3 is 0 Å². The molecule has 3 heterocycles. The number of aromatic nitrogens is 1. The van der Waals surface area contributed by atoms with E-state index in [1.807, 2.05) is 45.0 Å². The Balaban J connectivity index is 2.00. The van der Waals surface area contributed by atoms with Crippen molar-refractivity contribution in [2.45, 2.75) is 26.8 Å². The number of hydrogen-bond donors (Lipinski definition) is 0. The molecule has 1 aliphatic rings. The van der Waals surface area contributed by atoms with Gasteiger partial charge in [-0.15, -0.1) is 0 Å². The van der Waals surface area contributed by atoms with E-state index in [-0.39, 0.29) is 11.5 Å². The molecule has 0 aliphatic carbocycles. The minimum atomic E-state index is -0.669. The Morgan fingerprint density at radius 1 is 1.29 bits per heavy atom. The van der Waals surface area contributed by atoms with Crippen LogP contribution in [0.5, 0.6) is 5.75 Å². The van der Waals surface area contributed by atoms with Crippen LogP contribution in [0.25, 0.3) is 6.08 Å². The van der Waals surface area contributed by atoms with Crippen molar-refractivity contribution in [3.8, 4) is 5.75 Å². The number of thiazole rings is 1. The van der Waals surface area contributed by atoms with Crippen molar-refractivity contribution in [2.75, 3.05) is 20.2 Å². The molecule has 1 atom stereocenters. The van der Waals surface area contributed by atoms with Crippen molar-refractivity contribution in [3.05, 3.63) is 81.8 Å². The summed E-state index contributed by atoms with van der Waals surface area (Å²) in [7, 11) is 1.58. The van der Waals surface area contributed by atoms with Gasteiger partial charge in [0.1, 0.15) is 17.6 Å². The average molecular weight is 609 g/mol. The first-order valence-corrected chi connectivity index (χ1v) is 13.1. The highest BCUT2D eigenvalue weighted by Gasteiger charge is 2.35. The Hall–Kier alpha value is -2.43. The number of benzene rings is 1. The Morgan fingerprint density at radius 2 is 2.00 bits per heavy atom. The molecule has 7 nitrogen and oxygen atoms in total. The number of amides is 1. The summed E-state index contributed by atoms with van der Waals surface area (Å²) in [6, 6.07) is 8.56. The van der Waals surface area contributed by atoms with E-state index < -0.39 is 6.04 Å². The smallest absolute Gasteiger partial charge is 0.271 e. The van der Waals surface area contributed by atoms with Crippen LogP contribution in [-0.2, 0) is 4.79 Å². The fourth-order valence-corrected chi connectivity index (χ4v) is 5.66. The van der Waals surface area contributed by atoms with Crippen molar-refractivity contribution in [3.63, 3.8) is 0 Å². The van der Waals surface area contributed by atoms with Crippen molar-refractivity contribution in [2.24, 2.45) is 4.99 Å². The number of allylic oxidation sites excluding steroid dienone is 1. The van der Waals surface area contributed by atoms with E-state index in [9.17, 15) is 9.59 Å². The van der Waals surface area contributed by atoms with Crippen molar-refractivity contribution >= 4 is 55.2 Å². The topological polar surface area (TPSA) is 77.0 Å². The van der Waals surface area contributed by atoms with E-state index in [1.54, 1.807) is 28.7 Å². The molecule has 178 valence electrons. The van der Waals surface area contributed by atoms with Gasteiger partial charge in [0.15, 0.2) is 9.47 Å². The zero-order valence-corrected chi connectivity index (χ0v) is 23.1. The van der Waals surface area contributed by atoms with E-state index in [2.05, 4.69) is 36.9 Å². The van der Waals surface area contributed by atoms with Crippen LogP contribution in [0.3, 0.4) is 0 Å². The van der Waals surface area contributed by atoms with Crippen molar-refractivity contribution in [1.29, 1.82) is 0 Å². The average Bonchev–Trinajstić information content (AvgIpc) is 3.30. The minimum Gasteiger partial charge on any atom is -0.496 e. The van der Waals surface area contributed by atoms with Gasteiger partial charge in [0.05, 0.1) is 27.4 Å². The third-order valence-corrected chi connectivity index (χ3v) is 8.37. The Kier molecular flexibility index (Phi) is 7.30. The molecule has 0 spiro atoms. The molecule has 4 rings (SSSR count). The first kappa shape index (κ1) is 24.7. The number of methoxy groups -OCH3 is 1. The summed E-state index contributed by atoms with van der Waals surface area (Å²) < 4.78 is 14.6. The molecule has 0 saturated heterocycles. The molecule has 34 heavy (non-hydrogen) atoms. The maximum Gasteiger partial charge on any atom is 0.271 e. The number of para-hydroxylation sites is 1. The van der Waals surface area contributed by atoms with E-state index in [0.29, 0.717) is 49.9 Å². The fourth-order valence-electron chi connectivity index (χ4n) is 4.03. The maximum absolute atomic E-state index is 13.7. The van der Waals surface area contributed by atoms with Crippen LogP contribution in [0.1, 0.15) is 38.1 Å². The first-order valence-electron chi connectivity index (χ1n) is 10.7. The summed E-state index contributed by atoms with van der Waals surface area (Å²) in [6.45, 7) is 6.79. The molecule has 0 N–H and O–H groups in total. The summed E-state index contributed by atoms with van der Waals surface area (Å²) in [5.74, 6) is 0.976. The third kappa shape index (κ3) is 4.34. The second kappa shape index (κ2) is 10.1. The molecule has 0 bridgehead atoms. The molecule has 0 unspecified atom stereocenters. The normalized spacial score (nSPS) is 15.8. The molecule has 3 aromatic rings. The number of nitrogens with zero attached hydrogens (tertiary/aromatic N) is 3. The molecule has 0 saturated carbocycles.